The molecule has 31 heavy (non-hydrogen) atoms. The van der Waals surface area contributed by atoms with E-state index in [9.17, 15) is 9.59 Å². The van der Waals surface area contributed by atoms with Gasteiger partial charge in [-0.1, -0.05) is 0 Å². The van der Waals surface area contributed by atoms with Crippen LogP contribution >= 0.6 is 27.7 Å². The number of likely N-dealkylation sites (N-methyl/N-ethyl adjacent to an activating group) is 1. The van der Waals surface area contributed by atoms with Crippen molar-refractivity contribution >= 4 is 56.5 Å². The van der Waals surface area contributed by atoms with Gasteiger partial charge in [-0.2, -0.15) is 0 Å². The number of carboxylic acid groups (broad SMARTS) is 1. The Morgan fingerprint density at radius 1 is 1.26 bits per heavy atom. The van der Waals surface area contributed by atoms with Crippen LogP contribution in [0.3, 0.4) is 0 Å². The summed E-state index contributed by atoms with van der Waals surface area (Å²) in [5.41, 5.74) is 1.52. The van der Waals surface area contributed by atoms with Gasteiger partial charge in [-0.3, -0.25) is 9.69 Å². The molecule has 0 atom stereocenters. The van der Waals surface area contributed by atoms with Crippen LogP contribution in [-0.2, 0) is 4.79 Å². The Hall–Kier alpha value is -2.78. The summed E-state index contributed by atoms with van der Waals surface area (Å²) >= 11 is 4.76. The van der Waals surface area contributed by atoms with E-state index in [0.29, 0.717) is 27.3 Å². The van der Waals surface area contributed by atoms with Crippen molar-refractivity contribution in [1.82, 2.24) is 4.90 Å². The van der Waals surface area contributed by atoms with Crippen LogP contribution in [-0.4, -0.2) is 47.3 Å². The highest BCUT2D eigenvalue weighted by Gasteiger charge is 2.30. The average molecular weight is 505 g/mol. The lowest BCUT2D eigenvalue weighted by molar-refractivity contribution is -0.121. The molecule has 0 radical (unpaired) electrons. The topological polar surface area (TPSA) is 88.4 Å². The first-order valence-corrected chi connectivity index (χ1v) is 10.9. The molecule has 0 aromatic heterocycles. The fourth-order valence-corrected chi connectivity index (χ4v) is 4.31. The van der Waals surface area contributed by atoms with Gasteiger partial charge in [0.25, 0.3) is 5.91 Å². The van der Waals surface area contributed by atoms with Gasteiger partial charge in [-0.25, -0.2) is 9.79 Å². The number of hydrogen-bond acceptors (Lipinski definition) is 6. The van der Waals surface area contributed by atoms with Crippen molar-refractivity contribution in [2.75, 3.05) is 14.2 Å². The Balaban J connectivity index is 1.89. The highest BCUT2D eigenvalue weighted by Crippen LogP contribution is 2.39. The molecular weight excluding hydrogens is 484 g/mol. The molecule has 1 amide bonds. The van der Waals surface area contributed by atoms with Crippen LogP contribution in [0.1, 0.15) is 29.8 Å². The van der Waals surface area contributed by atoms with E-state index >= 15 is 0 Å². The van der Waals surface area contributed by atoms with Crippen LogP contribution in [0.4, 0.5) is 5.69 Å². The number of nitrogens with zero attached hydrogens (tertiary/aromatic N) is 2. The number of aliphatic imine (C=N–C) groups is 1. The van der Waals surface area contributed by atoms with Crippen molar-refractivity contribution in [3.63, 3.8) is 0 Å². The zero-order valence-corrected chi connectivity index (χ0v) is 19.8. The standard InChI is InChI=1S/C22H21BrN2O5S/c1-12(2)30-19-16(23)9-13(10-17(19)29-4)11-18-20(26)25(3)22(31-18)24-15-7-5-14(6-8-15)21(27)28/h5-12H,1-4H3,(H,27,28)/b18-11+,24-22?. The largest absolute Gasteiger partial charge is 0.493 e. The van der Waals surface area contributed by atoms with Gasteiger partial charge in [0.05, 0.1) is 33.8 Å². The first-order chi connectivity index (χ1) is 14.7. The second-order valence-electron chi connectivity index (χ2n) is 6.92. The van der Waals surface area contributed by atoms with Crippen LogP contribution in [0.25, 0.3) is 6.08 Å². The third-order valence-electron chi connectivity index (χ3n) is 4.25. The molecule has 1 N–H and O–H groups in total. The van der Waals surface area contributed by atoms with Gasteiger partial charge in [-0.15, -0.1) is 0 Å². The summed E-state index contributed by atoms with van der Waals surface area (Å²) in [6.45, 7) is 3.86. The Labute approximate surface area is 192 Å². The van der Waals surface area contributed by atoms with Crippen molar-refractivity contribution in [3.8, 4) is 11.5 Å². The summed E-state index contributed by atoms with van der Waals surface area (Å²) in [5, 5.41) is 9.51. The number of methoxy groups -OCH3 is 1. The van der Waals surface area contributed by atoms with Gasteiger partial charge in [0.2, 0.25) is 0 Å². The van der Waals surface area contributed by atoms with Crippen molar-refractivity contribution in [3.05, 3.63) is 56.9 Å². The van der Waals surface area contributed by atoms with E-state index in [1.54, 1.807) is 32.4 Å². The third kappa shape index (κ3) is 5.29. The Kier molecular flexibility index (Phi) is 7.07. The van der Waals surface area contributed by atoms with Crippen LogP contribution in [0, 0.1) is 0 Å². The highest BCUT2D eigenvalue weighted by molar-refractivity contribution is 9.10. The fourth-order valence-electron chi connectivity index (χ4n) is 2.77. The van der Waals surface area contributed by atoms with E-state index < -0.39 is 5.97 Å². The predicted molar refractivity (Wildman–Crippen MR) is 125 cm³/mol. The number of amidine groups is 1. The molecule has 162 valence electrons. The van der Waals surface area contributed by atoms with E-state index in [0.717, 1.165) is 10.0 Å². The summed E-state index contributed by atoms with van der Waals surface area (Å²) in [5.74, 6) is -0.0118. The van der Waals surface area contributed by atoms with E-state index in [2.05, 4.69) is 20.9 Å². The third-order valence-corrected chi connectivity index (χ3v) is 5.89. The summed E-state index contributed by atoms with van der Waals surface area (Å²) in [7, 11) is 3.21. The van der Waals surface area contributed by atoms with Gasteiger partial charge in [0, 0.05) is 7.05 Å². The smallest absolute Gasteiger partial charge is 0.335 e. The van der Waals surface area contributed by atoms with Gasteiger partial charge >= 0.3 is 5.97 Å². The zero-order valence-electron chi connectivity index (χ0n) is 17.4. The number of ether oxygens (including phenoxy) is 2. The molecule has 7 nitrogen and oxygen atoms in total. The summed E-state index contributed by atoms with van der Waals surface area (Å²) in [6, 6.07) is 9.83. The van der Waals surface area contributed by atoms with E-state index in [4.69, 9.17) is 14.6 Å². The molecule has 2 aromatic rings. The fraction of sp³-hybridized carbons (Fsp3) is 0.227. The van der Waals surface area contributed by atoms with Crippen LogP contribution in [0.15, 0.2) is 50.8 Å². The maximum Gasteiger partial charge on any atom is 0.335 e. The number of thioether (sulfide) groups is 1. The number of halogens is 1. The number of hydrogen-bond donors (Lipinski definition) is 1. The molecule has 2 aromatic carbocycles. The van der Waals surface area contributed by atoms with Crippen molar-refractivity contribution in [1.29, 1.82) is 0 Å². The molecule has 3 rings (SSSR count). The Bertz CT molecular complexity index is 1080. The number of carboxylic acids is 1. The molecule has 9 heteroatoms. The van der Waals surface area contributed by atoms with E-state index in [1.165, 1.54) is 28.8 Å². The van der Waals surface area contributed by atoms with Crippen LogP contribution in [0.2, 0.25) is 0 Å². The molecule has 1 fully saturated rings. The predicted octanol–water partition coefficient (Wildman–Crippen LogP) is 5.18. The van der Waals surface area contributed by atoms with Crippen molar-refractivity contribution in [2.24, 2.45) is 4.99 Å². The summed E-state index contributed by atoms with van der Waals surface area (Å²) in [4.78, 5) is 30.2. The molecule has 0 spiro atoms. The molecule has 1 aliphatic rings. The molecule has 1 heterocycles. The molecule has 1 aliphatic heterocycles. The molecule has 0 bridgehead atoms. The molecule has 1 saturated heterocycles. The minimum atomic E-state index is -1.00. The first-order valence-electron chi connectivity index (χ1n) is 9.33. The quantitative estimate of drug-likeness (QED) is 0.545. The summed E-state index contributed by atoms with van der Waals surface area (Å²) in [6.07, 6.45) is 1.75. The normalized spacial score (nSPS) is 16.5. The number of amides is 1. The SMILES string of the molecule is COc1cc(/C=C2/SC(=Nc3ccc(C(=O)O)cc3)N(C)C2=O)cc(Br)c1OC(C)C. The minimum absolute atomic E-state index is 0.0154. The number of carbonyl (C=O) groups excluding carboxylic acids is 1. The van der Waals surface area contributed by atoms with Crippen LogP contribution < -0.4 is 9.47 Å². The zero-order chi connectivity index (χ0) is 22.7. The van der Waals surface area contributed by atoms with Crippen molar-refractivity contribution in [2.45, 2.75) is 20.0 Å². The highest BCUT2D eigenvalue weighted by atomic mass is 79.9. The minimum Gasteiger partial charge on any atom is -0.493 e. The second kappa shape index (κ2) is 9.57. The van der Waals surface area contributed by atoms with Gasteiger partial charge in [0.1, 0.15) is 0 Å². The van der Waals surface area contributed by atoms with Crippen molar-refractivity contribution < 1.29 is 24.2 Å². The molecule has 0 saturated carbocycles. The Morgan fingerprint density at radius 3 is 2.52 bits per heavy atom. The van der Waals surface area contributed by atoms with Gasteiger partial charge in [-0.05, 0) is 89.6 Å². The number of benzene rings is 2. The maximum atomic E-state index is 12.7. The number of rotatable bonds is 6. The second-order valence-corrected chi connectivity index (χ2v) is 8.79. The lowest BCUT2D eigenvalue weighted by Crippen LogP contribution is -2.23. The lowest BCUT2D eigenvalue weighted by Gasteiger charge is -2.16. The van der Waals surface area contributed by atoms with Crippen LogP contribution in [0.5, 0.6) is 11.5 Å². The number of carbonyl (C=O) groups is 2. The lowest BCUT2D eigenvalue weighted by atomic mass is 10.2. The van der Waals surface area contributed by atoms with E-state index in [1.807, 2.05) is 26.0 Å². The number of aromatic carboxylic acids is 1. The maximum absolute atomic E-state index is 12.7. The average Bonchev–Trinajstić information content (AvgIpc) is 2.97. The van der Waals surface area contributed by atoms with Gasteiger partial charge < -0.3 is 14.6 Å². The van der Waals surface area contributed by atoms with E-state index in [-0.39, 0.29) is 17.6 Å². The summed E-state index contributed by atoms with van der Waals surface area (Å²) < 4.78 is 12.0. The molecule has 0 unspecified atom stereocenters. The monoisotopic (exact) mass is 504 g/mol. The molecular formula is C22H21BrN2O5S. The Morgan fingerprint density at radius 2 is 1.94 bits per heavy atom. The van der Waals surface area contributed by atoms with Gasteiger partial charge in [0.15, 0.2) is 16.7 Å². The molecule has 0 aliphatic carbocycles. The first kappa shape index (κ1) is 22.9.